The zero-order chi connectivity index (χ0) is 3.58. The number of carbonyl (C=O) groups is 1. The van der Waals surface area contributed by atoms with Crippen LogP contribution < -0.4 is 35.0 Å². The Balaban J connectivity index is -0.00000000750. The molecule has 0 unspecified atom stereocenters. The average Bonchev–Trinajstić information content (AvgIpc) is 0.811. The van der Waals surface area contributed by atoms with E-state index < -0.39 is 6.16 Å². The zero-order valence-corrected chi connectivity index (χ0v) is 11.1. The van der Waals surface area contributed by atoms with Gasteiger partial charge in [-0.2, -0.15) is 0 Å². The molecular weight excluding hydrogens is 259 g/mol. The summed E-state index contributed by atoms with van der Waals surface area (Å²) < 4.78 is 0. The molecule has 0 aromatic carbocycles. The molecule has 0 aliphatic rings. The van der Waals surface area contributed by atoms with E-state index in [0.717, 1.165) is 0 Å². The molecule has 40 valence electrons. The van der Waals surface area contributed by atoms with Gasteiger partial charge in [0.15, 0.2) is 0 Å². The molecular formula is CCaCl2O3Sr. The topological polar surface area (TPSA) is 63.2 Å². The van der Waals surface area contributed by atoms with Crippen molar-refractivity contribution in [2.75, 3.05) is 0 Å². The van der Waals surface area contributed by atoms with Crippen LogP contribution in [0, 0.1) is 0 Å². The summed E-state index contributed by atoms with van der Waals surface area (Å²) in [6, 6.07) is 0. The third-order valence-electron chi connectivity index (χ3n) is 0. The first kappa shape index (κ1) is 31.2. The zero-order valence-electron chi connectivity index (χ0n) is 3.89. The molecule has 0 rings (SSSR count). The summed E-state index contributed by atoms with van der Waals surface area (Å²) in [7, 11) is 0. The molecule has 0 saturated carbocycles. The van der Waals surface area contributed by atoms with Gasteiger partial charge in [-0.15, -0.1) is 0 Å². The summed E-state index contributed by atoms with van der Waals surface area (Å²) in [6.07, 6.45) is -2.33. The number of carboxylic acid groups (broad SMARTS) is 2. The van der Waals surface area contributed by atoms with Gasteiger partial charge in [0.25, 0.3) is 0 Å². The van der Waals surface area contributed by atoms with E-state index in [-0.39, 0.29) is 108 Å². The summed E-state index contributed by atoms with van der Waals surface area (Å²) in [5.74, 6) is 0. The molecule has 3 nitrogen and oxygen atoms in total. The van der Waals surface area contributed by atoms with Crippen molar-refractivity contribution >= 4 is 89.4 Å². The molecule has 0 fully saturated rings. The smallest absolute Gasteiger partial charge is 1.00 e. The Morgan fingerprint density at radius 1 is 1.12 bits per heavy atom. The average molecular weight is 259 g/mol. The number of carbonyl (C=O) groups excluding carboxylic acids is 1. The van der Waals surface area contributed by atoms with Gasteiger partial charge in [0, 0.05) is 0 Å². The molecule has 0 radical (unpaired) electrons. The number of hydrogen-bond donors (Lipinski definition) is 0. The Bertz CT molecular complexity index is 40.3. The van der Waals surface area contributed by atoms with E-state index in [2.05, 4.69) is 0 Å². The summed E-state index contributed by atoms with van der Waals surface area (Å²) in [4.78, 5) is 8.33. The molecule has 8 heavy (non-hydrogen) atoms. The molecule has 0 aromatic heterocycles. The fourth-order valence-electron chi connectivity index (χ4n) is 0. The van der Waals surface area contributed by atoms with Gasteiger partial charge in [-0.3, -0.25) is 0 Å². The van der Waals surface area contributed by atoms with Crippen molar-refractivity contribution in [3.05, 3.63) is 0 Å². The number of halogens is 2. The molecule has 0 N–H and O–H groups in total. The van der Waals surface area contributed by atoms with Gasteiger partial charge in [0.05, 0.1) is 0 Å². The van der Waals surface area contributed by atoms with E-state index in [1.54, 1.807) is 0 Å². The fraction of sp³-hybridized carbons (Fsp3) is 0. The van der Waals surface area contributed by atoms with Crippen LogP contribution in [0.15, 0.2) is 0 Å². The molecule has 0 aromatic rings. The molecule has 0 atom stereocenters. The van der Waals surface area contributed by atoms with Gasteiger partial charge in [-0.05, 0) is 6.16 Å². The van der Waals surface area contributed by atoms with Gasteiger partial charge >= 0.3 is 83.2 Å². The minimum atomic E-state index is -2.33. The maximum absolute atomic E-state index is 8.33. The van der Waals surface area contributed by atoms with Crippen molar-refractivity contribution in [1.29, 1.82) is 0 Å². The normalized spacial score (nSPS) is 3.00. The molecule has 7 heteroatoms. The maximum Gasteiger partial charge on any atom is 2.00 e. The molecule has 0 saturated heterocycles. The third-order valence-corrected chi connectivity index (χ3v) is 0. The van der Waals surface area contributed by atoms with Gasteiger partial charge in [0.2, 0.25) is 0 Å². The summed E-state index contributed by atoms with van der Waals surface area (Å²) in [6.45, 7) is 0. The van der Waals surface area contributed by atoms with Crippen LogP contribution in [0.3, 0.4) is 0 Å². The van der Waals surface area contributed by atoms with E-state index >= 15 is 0 Å². The molecule has 0 spiro atoms. The predicted octanol–water partition coefficient (Wildman–Crippen LogP) is -9.20. The largest absolute Gasteiger partial charge is 2.00 e. The van der Waals surface area contributed by atoms with Crippen molar-refractivity contribution in [2.45, 2.75) is 0 Å². The minimum absolute atomic E-state index is 0. The third kappa shape index (κ3) is 73.8. The van der Waals surface area contributed by atoms with Crippen molar-refractivity contribution in [2.24, 2.45) is 0 Å². The van der Waals surface area contributed by atoms with Crippen molar-refractivity contribution in [3.63, 3.8) is 0 Å². The summed E-state index contributed by atoms with van der Waals surface area (Å²) >= 11 is 0. The van der Waals surface area contributed by atoms with Crippen LogP contribution in [0.2, 0.25) is 0 Å². The molecule has 0 aliphatic carbocycles. The van der Waals surface area contributed by atoms with Crippen molar-refractivity contribution < 1.29 is 39.8 Å². The second kappa shape index (κ2) is 22.6. The first-order chi connectivity index (χ1) is 1.73. The fourth-order valence-corrected chi connectivity index (χ4v) is 0. The molecule has 0 amide bonds. The molecule has 0 aliphatic heterocycles. The maximum atomic E-state index is 8.33. The van der Waals surface area contributed by atoms with Gasteiger partial charge in [0.1, 0.15) is 0 Å². The van der Waals surface area contributed by atoms with Crippen LogP contribution in [0.25, 0.3) is 0 Å². The standard InChI is InChI=1S/CH2O3.Ca.2ClH.Sr/c2-1(3)4;;;;/h(H2,2,3,4);;2*1H;/q;+2;;;+2/p-4. The van der Waals surface area contributed by atoms with Crippen LogP contribution in [0.5, 0.6) is 0 Å². The van der Waals surface area contributed by atoms with Gasteiger partial charge in [-0.1, -0.05) is 0 Å². The second-order valence-corrected chi connectivity index (χ2v) is 0.250. The van der Waals surface area contributed by atoms with E-state index in [1.165, 1.54) is 0 Å². The van der Waals surface area contributed by atoms with Crippen LogP contribution >= 0.6 is 0 Å². The van der Waals surface area contributed by atoms with E-state index in [9.17, 15) is 0 Å². The van der Waals surface area contributed by atoms with Crippen LogP contribution in [-0.2, 0) is 0 Å². The van der Waals surface area contributed by atoms with E-state index in [4.69, 9.17) is 15.0 Å². The van der Waals surface area contributed by atoms with Gasteiger partial charge < -0.3 is 39.8 Å². The van der Waals surface area contributed by atoms with Gasteiger partial charge in [-0.25, -0.2) is 0 Å². The Morgan fingerprint density at radius 3 is 1.12 bits per heavy atom. The number of rotatable bonds is 0. The summed E-state index contributed by atoms with van der Waals surface area (Å²) in [5.41, 5.74) is 0. The second-order valence-electron chi connectivity index (χ2n) is 0.250. The SMILES string of the molecule is O=C([O-])[O-].[Ca+2].[Cl-].[Cl-].[Sr+2]. The first-order valence-electron chi connectivity index (χ1n) is 0.612. The Kier molecular flexibility index (Phi) is 88.2. The number of hydrogen-bond acceptors (Lipinski definition) is 3. The first-order valence-corrected chi connectivity index (χ1v) is 0.612. The Morgan fingerprint density at radius 2 is 1.12 bits per heavy atom. The Hall–Kier alpha value is 2.59. The predicted molar refractivity (Wildman–Crippen MR) is 16.9 cm³/mol. The van der Waals surface area contributed by atoms with Crippen LogP contribution in [0.4, 0.5) is 4.79 Å². The minimum Gasteiger partial charge on any atom is -1.00 e. The molecule has 0 heterocycles. The van der Waals surface area contributed by atoms with Crippen molar-refractivity contribution in [3.8, 4) is 0 Å². The van der Waals surface area contributed by atoms with Crippen LogP contribution in [0.1, 0.15) is 0 Å². The van der Waals surface area contributed by atoms with E-state index in [1.807, 2.05) is 0 Å². The summed E-state index contributed by atoms with van der Waals surface area (Å²) in [5, 5.41) is 16.7. The monoisotopic (exact) mass is 258 g/mol. The van der Waals surface area contributed by atoms with Crippen LogP contribution in [-0.4, -0.2) is 89.4 Å². The molecule has 0 bridgehead atoms. The quantitative estimate of drug-likeness (QED) is 0.406. The Labute approximate surface area is 126 Å². The van der Waals surface area contributed by atoms with E-state index in [0.29, 0.717) is 0 Å². The van der Waals surface area contributed by atoms with Crippen molar-refractivity contribution in [1.82, 2.24) is 0 Å².